The molecule has 1 fully saturated rings. The maximum absolute atomic E-state index is 16.1. The van der Waals surface area contributed by atoms with E-state index in [9.17, 15) is 23.5 Å². The summed E-state index contributed by atoms with van der Waals surface area (Å²) in [7, 11) is 0. The fourth-order valence-corrected chi connectivity index (χ4v) is 4.49. The molecule has 36 heavy (non-hydrogen) atoms. The molecule has 14 heteroatoms. The Balaban J connectivity index is 1.81. The molecule has 5 rings (SSSR count). The average molecular weight is 503 g/mol. The van der Waals surface area contributed by atoms with E-state index in [2.05, 4.69) is 10.3 Å². The van der Waals surface area contributed by atoms with E-state index in [-0.39, 0.29) is 13.1 Å². The van der Waals surface area contributed by atoms with E-state index in [1.165, 1.54) is 22.0 Å². The van der Waals surface area contributed by atoms with Gasteiger partial charge in [0.05, 0.1) is 34.5 Å². The van der Waals surface area contributed by atoms with E-state index in [0.717, 1.165) is 12.1 Å². The summed E-state index contributed by atoms with van der Waals surface area (Å²) in [5.41, 5.74) is 7.26. The van der Waals surface area contributed by atoms with Crippen molar-refractivity contribution >= 4 is 28.2 Å². The maximum atomic E-state index is 16.1. The molecule has 1 saturated heterocycles. The Kier molecular flexibility index (Phi) is 5.39. The minimum Gasteiger partial charge on any atom is -0.477 e. The number of carbonyl (C=O) groups is 1. The first kappa shape index (κ1) is 23.3. The van der Waals surface area contributed by atoms with Gasteiger partial charge in [-0.2, -0.15) is 0 Å². The number of aromatic nitrogens is 4. The van der Waals surface area contributed by atoms with Crippen molar-refractivity contribution in [1.29, 1.82) is 0 Å². The van der Waals surface area contributed by atoms with Crippen LogP contribution < -0.4 is 21.8 Å². The Hall–Kier alpha value is -4.46. The van der Waals surface area contributed by atoms with E-state index in [1.807, 2.05) is 0 Å². The summed E-state index contributed by atoms with van der Waals surface area (Å²) in [5.74, 6) is -6.48. The summed E-state index contributed by atoms with van der Waals surface area (Å²) in [6.45, 7) is -0.0443. The van der Waals surface area contributed by atoms with Crippen molar-refractivity contribution in [2.24, 2.45) is 5.73 Å². The van der Waals surface area contributed by atoms with Crippen molar-refractivity contribution in [3.63, 3.8) is 0 Å². The van der Waals surface area contributed by atoms with Crippen LogP contribution in [0.3, 0.4) is 0 Å². The molecule has 3 heterocycles. The zero-order chi connectivity index (χ0) is 25.9. The minimum absolute atomic E-state index is 0.00827. The number of carboxylic acid groups (broad SMARTS) is 1. The number of nitrogens with two attached hydrogens (primary N) is 2. The predicted molar refractivity (Wildman–Crippen MR) is 120 cm³/mol. The second-order valence-corrected chi connectivity index (χ2v) is 8.28. The second kappa shape index (κ2) is 8.34. The third kappa shape index (κ3) is 3.45. The van der Waals surface area contributed by atoms with Gasteiger partial charge in [0.1, 0.15) is 22.9 Å². The molecule has 0 amide bonds. The molecule has 2 aromatic carbocycles. The first-order valence-electron chi connectivity index (χ1n) is 10.5. The Bertz CT molecular complexity index is 1590. The quantitative estimate of drug-likeness (QED) is 0.282. The number of hydrogen-bond acceptors (Lipinski definition) is 7. The van der Waals surface area contributed by atoms with Crippen LogP contribution in [0.1, 0.15) is 16.4 Å². The van der Waals surface area contributed by atoms with Crippen molar-refractivity contribution in [2.45, 2.75) is 12.1 Å². The number of nitrogens with zero attached hydrogens (tertiary/aromatic N) is 5. The Morgan fingerprint density at radius 2 is 1.89 bits per heavy atom. The molecule has 5 N–H and O–H groups in total. The number of anilines is 2. The first-order chi connectivity index (χ1) is 17.1. The van der Waals surface area contributed by atoms with Crippen molar-refractivity contribution in [3.8, 4) is 5.69 Å². The van der Waals surface area contributed by atoms with Crippen molar-refractivity contribution < 1.29 is 27.5 Å². The lowest BCUT2D eigenvalue weighted by Crippen LogP contribution is -2.31. The number of aromatic carboxylic acids is 1. The van der Waals surface area contributed by atoms with Gasteiger partial charge in [-0.1, -0.05) is 5.21 Å². The van der Waals surface area contributed by atoms with Crippen molar-refractivity contribution in [1.82, 2.24) is 19.6 Å². The number of halogens is 4. The van der Waals surface area contributed by atoms with Gasteiger partial charge in [-0.15, -0.1) is 5.10 Å². The van der Waals surface area contributed by atoms with Crippen LogP contribution in [0, 0.1) is 23.3 Å². The summed E-state index contributed by atoms with van der Waals surface area (Å²) in [5, 5.41) is 16.3. The molecule has 0 radical (unpaired) electrons. The number of pyridine rings is 1. The molecule has 0 aliphatic carbocycles. The topological polar surface area (TPSA) is 145 Å². The molecule has 10 nitrogen and oxygen atoms in total. The van der Waals surface area contributed by atoms with Crippen molar-refractivity contribution in [2.75, 3.05) is 23.7 Å². The molecule has 1 aliphatic rings. The molecular formula is C22H17F4N7O3. The third-order valence-electron chi connectivity index (χ3n) is 6.17. The lowest BCUT2D eigenvalue weighted by molar-refractivity contribution is 0.0695. The SMILES string of the molecule is Nc1c(F)c(N2C[C@@H](n3ccnn3)[C@@H](N)C2)c(F)c2c1c(=O)c(C(=O)O)cn2-c1ccc(F)cc1F. The van der Waals surface area contributed by atoms with Crippen LogP contribution >= 0.6 is 0 Å². The maximum Gasteiger partial charge on any atom is 0.341 e. The van der Waals surface area contributed by atoms with Crippen LogP contribution in [-0.4, -0.2) is 49.8 Å². The second-order valence-electron chi connectivity index (χ2n) is 8.28. The first-order valence-corrected chi connectivity index (χ1v) is 10.5. The third-order valence-corrected chi connectivity index (χ3v) is 6.17. The van der Waals surface area contributed by atoms with Gasteiger partial charge in [0, 0.05) is 37.6 Å². The zero-order valence-electron chi connectivity index (χ0n) is 18.2. The predicted octanol–water partition coefficient (Wildman–Crippen LogP) is 1.81. The highest BCUT2D eigenvalue weighted by atomic mass is 19.1. The number of rotatable bonds is 4. The van der Waals surface area contributed by atoms with Crippen LogP contribution in [0.4, 0.5) is 28.9 Å². The normalized spacial score (nSPS) is 17.8. The van der Waals surface area contributed by atoms with Gasteiger partial charge in [-0.25, -0.2) is 27.0 Å². The summed E-state index contributed by atoms with van der Waals surface area (Å²) >= 11 is 0. The van der Waals surface area contributed by atoms with Gasteiger partial charge < -0.3 is 26.0 Å². The summed E-state index contributed by atoms with van der Waals surface area (Å²) in [6.07, 6.45) is 3.64. The van der Waals surface area contributed by atoms with Crippen LogP contribution in [-0.2, 0) is 0 Å². The summed E-state index contributed by atoms with van der Waals surface area (Å²) in [6, 6.07) is 1.15. The lowest BCUT2D eigenvalue weighted by atomic mass is 10.1. The molecule has 186 valence electrons. The number of hydrogen-bond donors (Lipinski definition) is 3. The van der Waals surface area contributed by atoms with E-state index >= 15 is 8.78 Å². The largest absolute Gasteiger partial charge is 0.477 e. The molecule has 2 aromatic heterocycles. The Morgan fingerprint density at radius 3 is 2.53 bits per heavy atom. The van der Waals surface area contributed by atoms with Crippen LogP contribution in [0.5, 0.6) is 0 Å². The number of nitrogen functional groups attached to an aromatic ring is 1. The van der Waals surface area contributed by atoms with Crippen LogP contribution in [0.25, 0.3) is 16.6 Å². The Morgan fingerprint density at radius 1 is 1.14 bits per heavy atom. The van der Waals surface area contributed by atoms with Gasteiger partial charge in [0.15, 0.2) is 11.6 Å². The fraction of sp³-hybridized carbons (Fsp3) is 0.182. The Labute approximate surface area is 198 Å². The molecule has 0 spiro atoms. The molecule has 0 unspecified atom stereocenters. The molecule has 2 atom stereocenters. The smallest absolute Gasteiger partial charge is 0.341 e. The van der Waals surface area contributed by atoms with Crippen LogP contribution in [0.2, 0.25) is 0 Å². The highest BCUT2D eigenvalue weighted by molar-refractivity contribution is 6.00. The van der Waals surface area contributed by atoms with E-state index in [4.69, 9.17) is 11.5 Å². The number of benzene rings is 2. The summed E-state index contributed by atoms with van der Waals surface area (Å²) < 4.78 is 62.0. The number of carboxylic acids is 1. The van der Waals surface area contributed by atoms with Gasteiger partial charge in [-0.3, -0.25) is 4.79 Å². The molecule has 1 aliphatic heterocycles. The highest BCUT2D eigenvalue weighted by Crippen LogP contribution is 2.38. The molecule has 0 bridgehead atoms. The minimum atomic E-state index is -1.73. The van der Waals surface area contributed by atoms with Gasteiger partial charge >= 0.3 is 5.97 Å². The standard InChI is InChI=1S/C22H17F4N7O3/c23-9-1-2-13(11(24)5-9)32-6-10(22(35)36)21(34)15-18(28)16(25)20(17(26)19(15)32)31-7-12(27)14(8-31)33-4-3-29-30-33/h1-6,12,14H,7-8,27-28H2,(H,35,36)/t12-,14+/m0/s1. The van der Waals surface area contributed by atoms with Crippen LogP contribution in [0.15, 0.2) is 41.6 Å². The van der Waals surface area contributed by atoms with Gasteiger partial charge in [0.25, 0.3) is 0 Å². The summed E-state index contributed by atoms with van der Waals surface area (Å²) in [4.78, 5) is 25.9. The van der Waals surface area contributed by atoms with Gasteiger partial charge in [0.2, 0.25) is 5.43 Å². The monoisotopic (exact) mass is 503 g/mol. The molecule has 0 saturated carbocycles. The van der Waals surface area contributed by atoms with Gasteiger partial charge in [-0.05, 0) is 12.1 Å². The zero-order valence-corrected chi connectivity index (χ0v) is 18.2. The van der Waals surface area contributed by atoms with E-state index in [1.54, 1.807) is 0 Å². The van der Waals surface area contributed by atoms with Crippen molar-refractivity contribution in [3.05, 3.63) is 75.8 Å². The lowest BCUT2D eigenvalue weighted by Gasteiger charge is -2.23. The average Bonchev–Trinajstić information content (AvgIpc) is 3.47. The van der Waals surface area contributed by atoms with E-state index < -0.39 is 80.3 Å². The number of fused-ring (bicyclic) bond motifs is 1. The molecule has 4 aromatic rings. The molecular weight excluding hydrogens is 486 g/mol. The highest BCUT2D eigenvalue weighted by Gasteiger charge is 2.37. The van der Waals surface area contributed by atoms with E-state index in [0.29, 0.717) is 16.8 Å². The fourth-order valence-electron chi connectivity index (χ4n) is 4.49.